The summed E-state index contributed by atoms with van der Waals surface area (Å²) in [5.74, 6) is 0.104. The molecule has 0 spiro atoms. The number of ketones is 3. The van der Waals surface area contributed by atoms with Crippen LogP contribution in [0.15, 0.2) is 36.7 Å². The average molecular weight is 542 g/mol. The summed E-state index contributed by atoms with van der Waals surface area (Å²) in [6.07, 6.45) is 2.73. The van der Waals surface area contributed by atoms with E-state index in [-0.39, 0.29) is 61.5 Å². The topological polar surface area (TPSA) is 128 Å². The molecule has 1 atom stereocenters. The number of rotatable bonds is 18. The number of aliphatic hydroxyl groups excluding tert-OH is 1. The normalized spacial score (nSPS) is 12.5. The molecule has 0 bridgehead atoms. The Balaban J connectivity index is 1.98. The Kier molecular flexibility index (Phi) is 13.5. The Hall–Kier alpha value is -2.85. The van der Waals surface area contributed by atoms with E-state index in [2.05, 4.69) is 15.3 Å². The highest BCUT2D eigenvalue weighted by Gasteiger charge is 2.18. The number of hydrogen-bond donors (Lipinski definition) is 2. The third kappa shape index (κ3) is 11.0. The maximum absolute atomic E-state index is 12.1. The molecule has 2 heterocycles. The number of hydrogen-bond acceptors (Lipinski definition) is 9. The largest absolute Gasteiger partial charge is 0.379 e. The van der Waals surface area contributed by atoms with Gasteiger partial charge in [-0.25, -0.2) is 0 Å². The van der Waals surface area contributed by atoms with Gasteiger partial charge in [0.15, 0.2) is 5.78 Å². The van der Waals surface area contributed by atoms with Gasteiger partial charge in [-0.15, -0.1) is 0 Å². The summed E-state index contributed by atoms with van der Waals surface area (Å²) in [7, 11) is 0. The van der Waals surface area contributed by atoms with Crippen molar-refractivity contribution in [1.29, 1.82) is 0 Å². The van der Waals surface area contributed by atoms with E-state index >= 15 is 0 Å². The van der Waals surface area contributed by atoms with Gasteiger partial charge in [-0.1, -0.05) is 41.5 Å². The van der Waals surface area contributed by atoms with Crippen molar-refractivity contribution in [2.24, 2.45) is 17.8 Å². The van der Waals surface area contributed by atoms with Crippen LogP contribution in [0.4, 0.5) is 0 Å². The van der Waals surface area contributed by atoms with E-state index in [1.165, 1.54) is 0 Å². The van der Waals surface area contributed by atoms with E-state index in [1.807, 2.05) is 41.5 Å². The van der Waals surface area contributed by atoms with E-state index in [4.69, 9.17) is 9.47 Å². The first-order chi connectivity index (χ1) is 18.5. The lowest BCUT2D eigenvalue weighted by Crippen LogP contribution is -2.40. The zero-order valence-corrected chi connectivity index (χ0v) is 24.0. The number of ether oxygens (including phenoxy) is 2. The molecule has 0 aliphatic carbocycles. The maximum atomic E-state index is 12.1. The van der Waals surface area contributed by atoms with Crippen LogP contribution < -0.4 is 5.32 Å². The Morgan fingerprint density at radius 2 is 1.38 bits per heavy atom. The Labute approximate surface area is 231 Å². The van der Waals surface area contributed by atoms with Gasteiger partial charge in [0, 0.05) is 54.1 Å². The molecule has 2 rings (SSSR count). The summed E-state index contributed by atoms with van der Waals surface area (Å²) in [5, 5.41) is 13.9. The van der Waals surface area contributed by atoms with Gasteiger partial charge in [0.05, 0.1) is 43.9 Å². The fourth-order valence-corrected chi connectivity index (χ4v) is 3.59. The first-order valence-corrected chi connectivity index (χ1v) is 13.6. The van der Waals surface area contributed by atoms with Crippen molar-refractivity contribution in [2.75, 3.05) is 26.4 Å². The number of nitrogens with zero attached hydrogens (tertiary/aromatic N) is 2. The van der Waals surface area contributed by atoms with Crippen LogP contribution in [0.5, 0.6) is 0 Å². The molecule has 2 aromatic heterocycles. The standard InChI is InChI=1S/C30H43N3O6/c1-19(2)27(34)11-13-38-17-24(18-39-14-12-28(35)20(3)4)33-30(37)26-10-7-22(15-32-26)25-9-8-23(16-31-25)29(36)21(5)6/h7-10,15-16,19-21,24,30,33,37H,11-14,17-18H2,1-6H3. The third-order valence-corrected chi connectivity index (χ3v) is 6.24. The van der Waals surface area contributed by atoms with Crippen LogP contribution in [0.2, 0.25) is 0 Å². The van der Waals surface area contributed by atoms with Crippen molar-refractivity contribution >= 4 is 17.3 Å². The number of Topliss-reactive ketones (excluding diaryl/α,β-unsaturated/α-hetero) is 3. The molecule has 0 radical (unpaired) electrons. The van der Waals surface area contributed by atoms with Gasteiger partial charge in [0.2, 0.25) is 0 Å². The van der Waals surface area contributed by atoms with Crippen LogP contribution in [0.1, 0.15) is 76.7 Å². The fraction of sp³-hybridized carbons (Fsp3) is 0.567. The average Bonchev–Trinajstić information content (AvgIpc) is 2.92. The van der Waals surface area contributed by atoms with Crippen LogP contribution in [-0.2, 0) is 19.1 Å². The molecule has 9 heteroatoms. The number of nitrogens with one attached hydrogen (secondary N) is 1. The lowest BCUT2D eigenvalue weighted by atomic mass is 10.0. The van der Waals surface area contributed by atoms with Gasteiger partial charge in [0.25, 0.3) is 0 Å². The number of carbonyl (C=O) groups is 3. The smallest absolute Gasteiger partial charge is 0.166 e. The van der Waals surface area contributed by atoms with Crippen LogP contribution in [0.3, 0.4) is 0 Å². The molecule has 2 aromatic rings. The summed E-state index contributed by atoms with van der Waals surface area (Å²) in [6, 6.07) is 6.64. The molecular formula is C30H43N3O6. The molecule has 0 saturated carbocycles. The molecule has 39 heavy (non-hydrogen) atoms. The van der Waals surface area contributed by atoms with Crippen molar-refractivity contribution in [3.8, 4) is 11.3 Å². The Morgan fingerprint density at radius 1 is 0.795 bits per heavy atom. The van der Waals surface area contributed by atoms with E-state index in [9.17, 15) is 19.5 Å². The second-order valence-corrected chi connectivity index (χ2v) is 10.6. The minimum Gasteiger partial charge on any atom is -0.379 e. The van der Waals surface area contributed by atoms with Crippen molar-refractivity contribution in [3.63, 3.8) is 0 Å². The van der Waals surface area contributed by atoms with Gasteiger partial charge in [0.1, 0.15) is 17.8 Å². The number of aromatic nitrogens is 2. The summed E-state index contributed by atoms with van der Waals surface area (Å²) >= 11 is 0. The van der Waals surface area contributed by atoms with Gasteiger partial charge in [-0.3, -0.25) is 29.7 Å². The summed E-state index contributed by atoms with van der Waals surface area (Å²) in [4.78, 5) is 44.6. The zero-order valence-electron chi connectivity index (χ0n) is 24.0. The van der Waals surface area contributed by atoms with Crippen molar-refractivity contribution in [1.82, 2.24) is 15.3 Å². The molecule has 214 valence electrons. The first-order valence-electron chi connectivity index (χ1n) is 13.6. The SMILES string of the molecule is CC(C)C(=O)CCOCC(COCCC(=O)C(C)C)NC(O)c1ccc(-c2ccc(C(=O)C(C)C)cn2)cn1. The predicted molar refractivity (Wildman–Crippen MR) is 149 cm³/mol. The van der Waals surface area contributed by atoms with Gasteiger partial charge >= 0.3 is 0 Å². The monoisotopic (exact) mass is 541 g/mol. The first kappa shape index (κ1) is 32.4. The van der Waals surface area contributed by atoms with Gasteiger partial charge in [-0.05, 0) is 24.3 Å². The van der Waals surface area contributed by atoms with Crippen molar-refractivity contribution < 1.29 is 29.0 Å². The van der Waals surface area contributed by atoms with E-state index < -0.39 is 12.3 Å². The minimum absolute atomic E-state index is 0.0391. The number of carbonyl (C=O) groups excluding carboxylic acids is 3. The molecule has 1 unspecified atom stereocenters. The number of aliphatic hydroxyl groups is 1. The second-order valence-electron chi connectivity index (χ2n) is 10.6. The van der Waals surface area contributed by atoms with Crippen molar-refractivity contribution in [3.05, 3.63) is 47.9 Å². The van der Waals surface area contributed by atoms with Gasteiger partial charge < -0.3 is 14.6 Å². The Morgan fingerprint density at radius 3 is 1.82 bits per heavy atom. The Bertz CT molecular complexity index is 1020. The predicted octanol–water partition coefficient (Wildman–Crippen LogP) is 4.20. The lowest BCUT2D eigenvalue weighted by molar-refractivity contribution is -0.123. The highest BCUT2D eigenvalue weighted by Crippen LogP contribution is 2.19. The van der Waals surface area contributed by atoms with Crippen LogP contribution in [-0.4, -0.2) is 64.9 Å². The molecule has 9 nitrogen and oxygen atoms in total. The molecule has 0 aliphatic rings. The zero-order chi connectivity index (χ0) is 28.9. The van der Waals surface area contributed by atoms with E-state index in [0.717, 1.165) is 5.56 Å². The quantitative estimate of drug-likeness (QED) is 0.162. The molecule has 0 fully saturated rings. The molecule has 0 saturated heterocycles. The second kappa shape index (κ2) is 16.3. The molecule has 0 aromatic carbocycles. The molecule has 0 amide bonds. The van der Waals surface area contributed by atoms with Crippen LogP contribution >= 0.6 is 0 Å². The van der Waals surface area contributed by atoms with Gasteiger partial charge in [-0.2, -0.15) is 0 Å². The van der Waals surface area contributed by atoms with E-state index in [1.54, 1.807) is 36.7 Å². The summed E-state index contributed by atoms with van der Waals surface area (Å²) < 4.78 is 11.4. The highest BCUT2D eigenvalue weighted by atomic mass is 16.5. The van der Waals surface area contributed by atoms with E-state index in [0.29, 0.717) is 29.8 Å². The maximum Gasteiger partial charge on any atom is 0.166 e. The van der Waals surface area contributed by atoms with Crippen LogP contribution in [0.25, 0.3) is 11.3 Å². The number of pyridine rings is 2. The van der Waals surface area contributed by atoms with Crippen LogP contribution in [0, 0.1) is 17.8 Å². The third-order valence-electron chi connectivity index (χ3n) is 6.24. The fourth-order valence-electron chi connectivity index (χ4n) is 3.59. The lowest BCUT2D eigenvalue weighted by Gasteiger charge is -2.22. The summed E-state index contributed by atoms with van der Waals surface area (Å²) in [5.41, 5.74) is 2.39. The molecular weight excluding hydrogens is 498 g/mol. The highest BCUT2D eigenvalue weighted by molar-refractivity contribution is 5.97. The summed E-state index contributed by atoms with van der Waals surface area (Å²) in [6.45, 7) is 12.1. The minimum atomic E-state index is -1.09. The van der Waals surface area contributed by atoms with Crippen molar-refractivity contribution in [2.45, 2.75) is 66.7 Å². The molecule has 0 aliphatic heterocycles. The molecule has 2 N–H and O–H groups in total.